The van der Waals surface area contributed by atoms with Crippen LogP contribution in [0.3, 0.4) is 0 Å². The van der Waals surface area contributed by atoms with Gasteiger partial charge in [-0.1, -0.05) is 36.9 Å². The maximum absolute atomic E-state index is 13.7. The number of carbonyl (C=O) groups excluding carboxylic acids is 2. The maximum Gasteiger partial charge on any atom is 0.339 e. The lowest BCUT2D eigenvalue weighted by molar-refractivity contribution is -0.141. The molecule has 0 aliphatic carbocycles. The van der Waals surface area contributed by atoms with Gasteiger partial charge < -0.3 is 14.4 Å². The van der Waals surface area contributed by atoms with Gasteiger partial charge in [0.25, 0.3) is 0 Å². The number of esters is 1. The van der Waals surface area contributed by atoms with Gasteiger partial charge in [0.1, 0.15) is 23.7 Å². The highest BCUT2D eigenvalue weighted by Gasteiger charge is 2.64. The molecule has 0 fully saturated rings. The average molecular weight is 377 g/mol. The molecule has 0 radical (unpaired) electrons. The first-order valence-corrected chi connectivity index (χ1v) is 8.62. The van der Waals surface area contributed by atoms with E-state index in [0.717, 1.165) is 0 Å². The predicted molar refractivity (Wildman–Crippen MR) is 102 cm³/mol. The highest BCUT2D eigenvalue weighted by Crippen LogP contribution is 2.54. The van der Waals surface area contributed by atoms with Crippen molar-refractivity contribution in [3.63, 3.8) is 0 Å². The predicted octanol–water partition coefficient (Wildman–Crippen LogP) is 2.61. The van der Waals surface area contributed by atoms with E-state index in [0.29, 0.717) is 11.3 Å². The number of hydrogen-bond donors (Lipinski definition) is 1. The maximum atomic E-state index is 13.7. The largest absolute Gasteiger partial charge is 0.458 e. The number of nitrogens with one attached hydrogen (secondary N) is 1. The van der Waals surface area contributed by atoms with E-state index in [9.17, 15) is 14.9 Å². The van der Waals surface area contributed by atoms with Crippen molar-refractivity contribution in [1.82, 2.24) is 0 Å². The highest BCUT2D eigenvalue weighted by atomic mass is 16.5. The summed E-state index contributed by atoms with van der Waals surface area (Å²) in [6, 6.07) is 8.91. The summed E-state index contributed by atoms with van der Waals surface area (Å²) >= 11 is 0. The van der Waals surface area contributed by atoms with Crippen molar-refractivity contribution in [3.8, 4) is 6.07 Å². The van der Waals surface area contributed by atoms with Crippen molar-refractivity contribution in [2.45, 2.75) is 12.3 Å². The van der Waals surface area contributed by atoms with E-state index in [1.54, 1.807) is 30.3 Å². The van der Waals surface area contributed by atoms with Gasteiger partial charge in [0, 0.05) is 12.2 Å². The summed E-state index contributed by atoms with van der Waals surface area (Å²) in [6.45, 7) is 8.82. The lowest BCUT2D eigenvalue weighted by Gasteiger charge is -2.38. The second-order valence-electron chi connectivity index (χ2n) is 6.38. The minimum Gasteiger partial charge on any atom is -0.458 e. The minimum absolute atomic E-state index is 0.0629. The molecule has 0 saturated heterocycles. The Bertz CT molecular complexity index is 972. The van der Waals surface area contributed by atoms with Gasteiger partial charge in [-0.25, -0.2) is 4.79 Å². The van der Waals surface area contributed by atoms with Crippen LogP contribution in [0.4, 0.5) is 5.69 Å². The molecule has 3 rings (SSSR count). The van der Waals surface area contributed by atoms with Gasteiger partial charge in [-0.15, -0.1) is 6.58 Å². The fourth-order valence-electron chi connectivity index (χ4n) is 3.87. The van der Waals surface area contributed by atoms with Crippen molar-refractivity contribution in [1.29, 1.82) is 10.7 Å². The smallest absolute Gasteiger partial charge is 0.339 e. The molecule has 1 amide bonds. The molecule has 1 aromatic carbocycles. The quantitative estimate of drug-likeness (QED) is 0.627. The zero-order chi connectivity index (χ0) is 20.5. The fraction of sp³-hybridized carbons (Fsp3) is 0.238. The summed E-state index contributed by atoms with van der Waals surface area (Å²) in [5.41, 5.74) is -0.761. The van der Waals surface area contributed by atoms with Crippen LogP contribution in [0, 0.1) is 22.7 Å². The number of nitriles is 1. The highest BCUT2D eigenvalue weighted by molar-refractivity contribution is 6.19. The topological polar surface area (TPSA) is 103 Å². The van der Waals surface area contributed by atoms with E-state index in [2.05, 4.69) is 13.2 Å². The monoisotopic (exact) mass is 377 g/mol. The van der Waals surface area contributed by atoms with Crippen LogP contribution in [0.15, 0.2) is 60.9 Å². The summed E-state index contributed by atoms with van der Waals surface area (Å²) in [5, 5.41) is 18.1. The molecule has 2 aliphatic heterocycles. The van der Waals surface area contributed by atoms with Crippen LogP contribution in [0.1, 0.15) is 12.5 Å². The lowest BCUT2D eigenvalue weighted by atomic mass is 9.64. The number of amides is 1. The summed E-state index contributed by atoms with van der Waals surface area (Å²) in [6.07, 6.45) is 2.97. The third-order valence-corrected chi connectivity index (χ3v) is 4.88. The Morgan fingerprint density at radius 2 is 2.14 bits per heavy atom. The number of ether oxygens (including phenoxy) is 2. The number of hydrogen-bond acceptors (Lipinski definition) is 6. The third-order valence-electron chi connectivity index (χ3n) is 4.88. The van der Waals surface area contributed by atoms with Crippen molar-refractivity contribution >= 4 is 23.5 Å². The second kappa shape index (κ2) is 7.16. The van der Waals surface area contributed by atoms with E-state index in [1.165, 1.54) is 17.9 Å². The van der Waals surface area contributed by atoms with Crippen LogP contribution in [0.25, 0.3) is 0 Å². The summed E-state index contributed by atoms with van der Waals surface area (Å²) in [4.78, 5) is 28.1. The van der Waals surface area contributed by atoms with Gasteiger partial charge in [0.15, 0.2) is 0 Å². The molecule has 1 spiro atoms. The van der Waals surface area contributed by atoms with E-state index < -0.39 is 23.2 Å². The molecule has 7 nitrogen and oxygen atoms in total. The Morgan fingerprint density at radius 1 is 1.43 bits per heavy atom. The van der Waals surface area contributed by atoms with E-state index in [4.69, 9.17) is 14.9 Å². The van der Waals surface area contributed by atoms with Crippen LogP contribution in [-0.2, 0) is 24.5 Å². The van der Waals surface area contributed by atoms with Gasteiger partial charge >= 0.3 is 5.97 Å². The lowest BCUT2D eigenvalue weighted by Crippen LogP contribution is -2.54. The Kier molecular flexibility index (Phi) is 4.89. The first kappa shape index (κ1) is 19.1. The van der Waals surface area contributed by atoms with Crippen LogP contribution in [-0.4, -0.2) is 30.9 Å². The Balaban J connectivity index is 2.36. The fourth-order valence-corrected chi connectivity index (χ4v) is 3.87. The number of para-hydroxylation sites is 1. The van der Waals surface area contributed by atoms with Crippen LogP contribution >= 0.6 is 0 Å². The first-order valence-electron chi connectivity index (χ1n) is 8.62. The van der Waals surface area contributed by atoms with Gasteiger partial charge in [0.05, 0.1) is 11.6 Å². The summed E-state index contributed by atoms with van der Waals surface area (Å²) < 4.78 is 10.6. The molecule has 1 aromatic rings. The first-order chi connectivity index (χ1) is 13.4. The molecular weight excluding hydrogens is 358 g/mol. The second-order valence-corrected chi connectivity index (χ2v) is 6.38. The van der Waals surface area contributed by atoms with Crippen molar-refractivity contribution in [2.75, 3.05) is 18.1 Å². The molecule has 0 bridgehead atoms. The van der Waals surface area contributed by atoms with Gasteiger partial charge in [-0.2, -0.15) is 5.26 Å². The molecule has 1 N–H and O–H groups in total. The molecule has 2 heterocycles. The number of nitrogens with zero attached hydrogens (tertiary/aromatic N) is 2. The van der Waals surface area contributed by atoms with Crippen LogP contribution in [0.2, 0.25) is 0 Å². The van der Waals surface area contributed by atoms with Crippen LogP contribution in [0.5, 0.6) is 0 Å². The molecule has 142 valence electrons. The number of fused-ring (bicyclic) bond motifs is 2. The van der Waals surface area contributed by atoms with Crippen molar-refractivity contribution < 1.29 is 19.1 Å². The molecule has 0 saturated carbocycles. The number of allylic oxidation sites excluding steroid dienone is 1. The SMILES string of the molecule is C=CCOC(=O)C1=C(C)OC(=N)C(C#N)C12C(=O)N(CC=C)c1ccccc12. The number of rotatable bonds is 5. The third kappa shape index (κ3) is 2.46. The number of benzene rings is 1. The molecular formula is C21H19N3O4. The molecule has 0 aromatic heterocycles. The Labute approximate surface area is 162 Å². The van der Waals surface area contributed by atoms with Crippen molar-refractivity contribution in [3.05, 3.63) is 66.5 Å². The average Bonchev–Trinajstić information content (AvgIpc) is 2.90. The van der Waals surface area contributed by atoms with Gasteiger partial charge in [-0.3, -0.25) is 10.2 Å². The van der Waals surface area contributed by atoms with Crippen LogP contribution < -0.4 is 4.90 Å². The Morgan fingerprint density at radius 3 is 2.79 bits per heavy atom. The normalized spacial score (nSPS) is 23.1. The zero-order valence-electron chi connectivity index (χ0n) is 15.4. The molecule has 7 heteroatoms. The van der Waals surface area contributed by atoms with E-state index in [-0.39, 0.29) is 30.4 Å². The van der Waals surface area contributed by atoms with Gasteiger partial charge in [-0.05, 0) is 18.6 Å². The van der Waals surface area contributed by atoms with E-state index in [1.807, 2.05) is 6.07 Å². The standard InChI is InChI=1S/C21H19N3O4/c1-4-10-24-16-9-7-6-8-14(16)21(20(24)26)15(12-22)18(23)28-13(3)17(21)19(25)27-11-5-2/h4-9,15,23H,1-2,10-11H2,3H3. The number of anilines is 1. The van der Waals surface area contributed by atoms with Crippen molar-refractivity contribution in [2.24, 2.45) is 5.92 Å². The molecule has 2 aliphatic rings. The van der Waals surface area contributed by atoms with E-state index >= 15 is 0 Å². The minimum atomic E-state index is -1.72. The molecule has 2 atom stereocenters. The zero-order valence-corrected chi connectivity index (χ0v) is 15.4. The Hall–Kier alpha value is -3.66. The van der Waals surface area contributed by atoms with Gasteiger partial charge in [0.2, 0.25) is 11.8 Å². The summed E-state index contributed by atoms with van der Waals surface area (Å²) in [7, 11) is 0. The summed E-state index contributed by atoms with van der Waals surface area (Å²) in [5.74, 6) is -2.91. The number of carbonyl (C=O) groups is 2. The molecule has 28 heavy (non-hydrogen) atoms. The molecule has 2 unspecified atom stereocenters.